The van der Waals surface area contributed by atoms with Crippen molar-refractivity contribution in [2.24, 2.45) is 5.92 Å². The topological polar surface area (TPSA) is 87.6 Å². The zero-order valence-electron chi connectivity index (χ0n) is 18.5. The molecule has 0 saturated heterocycles. The van der Waals surface area contributed by atoms with Crippen LogP contribution in [0.15, 0.2) is 57.8 Å². The van der Waals surface area contributed by atoms with Gasteiger partial charge in [-0.05, 0) is 49.4 Å². The van der Waals surface area contributed by atoms with Crippen molar-refractivity contribution < 1.29 is 18.3 Å². The van der Waals surface area contributed by atoms with Crippen molar-refractivity contribution >= 4 is 49.3 Å². The molecule has 0 unspecified atom stereocenters. The maximum atomic E-state index is 13.5. The Balaban J connectivity index is 1.58. The van der Waals surface area contributed by atoms with E-state index in [4.69, 9.17) is 0 Å². The number of thiazole rings is 1. The van der Waals surface area contributed by atoms with Gasteiger partial charge in [0.2, 0.25) is 10.0 Å². The lowest BCUT2D eigenvalue weighted by Crippen LogP contribution is -2.42. The average Bonchev–Trinajstić information content (AvgIpc) is 3.24. The maximum Gasteiger partial charge on any atom is 0.321 e. The summed E-state index contributed by atoms with van der Waals surface area (Å²) in [6, 6.07) is 12.7. The van der Waals surface area contributed by atoms with E-state index < -0.39 is 22.0 Å². The van der Waals surface area contributed by atoms with Gasteiger partial charge in [-0.15, -0.1) is 11.3 Å². The van der Waals surface area contributed by atoms with Gasteiger partial charge in [-0.3, -0.25) is 4.79 Å². The molecule has 6 nitrogen and oxygen atoms in total. The fourth-order valence-corrected chi connectivity index (χ4v) is 8.10. The Morgan fingerprint density at radius 1 is 1.18 bits per heavy atom. The van der Waals surface area contributed by atoms with E-state index in [2.05, 4.69) is 4.98 Å². The third-order valence-corrected chi connectivity index (χ3v) is 10.4. The summed E-state index contributed by atoms with van der Waals surface area (Å²) in [4.78, 5) is 16.5. The van der Waals surface area contributed by atoms with E-state index >= 15 is 0 Å². The number of aliphatic carboxylic acids is 1. The number of nitrogens with zero attached hydrogens (tertiary/aromatic N) is 2. The van der Waals surface area contributed by atoms with Crippen LogP contribution in [0.4, 0.5) is 0 Å². The molecule has 0 aliphatic heterocycles. The van der Waals surface area contributed by atoms with Crippen molar-refractivity contribution in [2.45, 2.75) is 60.8 Å². The zero-order valence-corrected chi connectivity index (χ0v) is 21.0. The number of fused-ring (bicyclic) bond motifs is 1. The van der Waals surface area contributed by atoms with Gasteiger partial charge in [-0.1, -0.05) is 61.4 Å². The SMILES string of the molecule is C[C@H](C(=O)O)N(Cc1ccccc1)S(=O)(=O)c1ccc2nc(SCC3CCCCC3)sc2c1. The Morgan fingerprint density at radius 3 is 2.61 bits per heavy atom. The number of carbonyl (C=O) groups is 1. The number of aromatic nitrogens is 1. The molecule has 1 atom stereocenters. The first kappa shape index (κ1) is 24.2. The summed E-state index contributed by atoms with van der Waals surface area (Å²) >= 11 is 3.25. The molecule has 0 bridgehead atoms. The van der Waals surface area contributed by atoms with Crippen LogP contribution in [0.25, 0.3) is 10.2 Å². The summed E-state index contributed by atoms with van der Waals surface area (Å²) in [5.41, 5.74) is 1.50. The van der Waals surface area contributed by atoms with E-state index in [0.717, 1.165) is 36.1 Å². The minimum absolute atomic E-state index is 0.0140. The van der Waals surface area contributed by atoms with Crippen molar-refractivity contribution in [3.8, 4) is 0 Å². The van der Waals surface area contributed by atoms with Crippen LogP contribution >= 0.6 is 23.1 Å². The monoisotopic (exact) mass is 504 g/mol. The number of benzene rings is 2. The van der Waals surface area contributed by atoms with Crippen molar-refractivity contribution in [2.75, 3.05) is 5.75 Å². The minimum Gasteiger partial charge on any atom is -0.480 e. The number of hydrogen-bond donors (Lipinski definition) is 1. The van der Waals surface area contributed by atoms with Crippen LogP contribution in [-0.4, -0.2) is 40.6 Å². The predicted molar refractivity (Wildman–Crippen MR) is 133 cm³/mol. The van der Waals surface area contributed by atoms with Gasteiger partial charge in [-0.25, -0.2) is 13.4 Å². The van der Waals surface area contributed by atoms with Crippen LogP contribution < -0.4 is 0 Å². The molecule has 9 heteroatoms. The molecule has 1 saturated carbocycles. The first-order valence-corrected chi connectivity index (χ1v) is 14.4. The summed E-state index contributed by atoms with van der Waals surface area (Å²) < 4.78 is 29.8. The van der Waals surface area contributed by atoms with E-state index in [1.807, 2.05) is 18.2 Å². The molecule has 0 radical (unpaired) electrons. The van der Waals surface area contributed by atoms with Crippen LogP contribution in [0, 0.1) is 5.92 Å². The van der Waals surface area contributed by atoms with Crippen LogP contribution in [0.2, 0.25) is 0 Å². The number of thioether (sulfide) groups is 1. The second-order valence-electron chi connectivity index (χ2n) is 8.47. The van der Waals surface area contributed by atoms with E-state index in [1.165, 1.54) is 56.4 Å². The number of carboxylic acid groups (broad SMARTS) is 1. The van der Waals surface area contributed by atoms with Gasteiger partial charge < -0.3 is 5.11 Å². The highest BCUT2D eigenvalue weighted by molar-refractivity contribution is 8.01. The molecule has 4 rings (SSSR count). The molecule has 2 aromatic carbocycles. The second kappa shape index (κ2) is 10.5. The average molecular weight is 505 g/mol. The Morgan fingerprint density at radius 2 is 1.91 bits per heavy atom. The molecule has 3 aromatic rings. The van der Waals surface area contributed by atoms with Crippen LogP contribution in [0.5, 0.6) is 0 Å². The Bertz CT molecular complexity index is 1200. The van der Waals surface area contributed by atoms with E-state index in [0.29, 0.717) is 0 Å². The summed E-state index contributed by atoms with van der Waals surface area (Å²) in [5, 5.41) is 9.57. The largest absolute Gasteiger partial charge is 0.480 e. The van der Waals surface area contributed by atoms with Gasteiger partial charge in [0.15, 0.2) is 4.34 Å². The number of rotatable bonds is 9. The molecule has 0 amide bonds. The highest BCUT2D eigenvalue weighted by Gasteiger charge is 2.33. The molecule has 1 aliphatic carbocycles. The lowest BCUT2D eigenvalue weighted by atomic mass is 9.91. The number of sulfonamides is 1. The lowest BCUT2D eigenvalue weighted by molar-refractivity contribution is -0.141. The standard InChI is InChI=1S/C24H28N2O4S3/c1-17(23(27)28)26(15-18-8-4-2-5-9-18)33(29,30)20-12-13-21-22(14-20)32-24(25-21)31-16-19-10-6-3-7-11-19/h2,4-5,8-9,12-14,17,19H,3,6-7,10-11,15-16H2,1H3,(H,27,28)/t17-/m1/s1. The van der Waals surface area contributed by atoms with Gasteiger partial charge in [0.05, 0.1) is 15.1 Å². The van der Waals surface area contributed by atoms with Crippen LogP contribution in [0.3, 0.4) is 0 Å². The fraction of sp³-hybridized carbons (Fsp3) is 0.417. The molecule has 1 heterocycles. The molecule has 33 heavy (non-hydrogen) atoms. The quantitative estimate of drug-likeness (QED) is 0.380. The van der Waals surface area contributed by atoms with Crippen LogP contribution in [-0.2, 0) is 21.4 Å². The van der Waals surface area contributed by atoms with Crippen molar-refractivity contribution in [3.63, 3.8) is 0 Å². The predicted octanol–water partition coefficient (Wildman–Crippen LogP) is 5.63. The van der Waals surface area contributed by atoms with Gasteiger partial charge in [0, 0.05) is 12.3 Å². The summed E-state index contributed by atoms with van der Waals surface area (Å²) in [5.74, 6) is 0.594. The summed E-state index contributed by atoms with van der Waals surface area (Å²) in [7, 11) is -4.03. The molecular formula is C24H28N2O4S3. The first-order valence-electron chi connectivity index (χ1n) is 11.2. The van der Waals surface area contributed by atoms with Crippen molar-refractivity contribution in [1.82, 2.24) is 9.29 Å². The smallest absolute Gasteiger partial charge is 0.321 e. The third-order valence-electron chi connectivity index (χ3n) is 6.08. The maximum absolute atomic E-state index is 13.5. The summed E-state index contributed by atoms with van der Waals surface area (Å²) in [6.45, 7) is 1.38. The van der Waals surface area contributed by atoms with E-state index in [-0.39, 0.29) is 11.4 Å². The molecular weight excluding hydrogens is 476 g/mol. The molecule has 1 N–H and O–H groups in total. The molecule has 1 aliphatic rings. The molecule has 1 fully saturated rings. The van der Waals surface area contributed by atoms with Gasteiger partial charge in [0.25, 0.3) is 0 Å². The van der Waals surface area contributed by atoms with Gasteiger partial charge >= 0.3 is 5.97 Å². The molecule has 1 aromatic heterocycles. The summed E-state index contributed by atoms with van der Waals surface area (Å²) in [6.07, 6.45) is 6.50. The van der Waals surface area contributed by atoms with Crippen molar-refractivity contribution in [3.05, 3.63) is 54.1 Å². The van der Waals surface area contributed by atoms with E-state index in [1.54, 1.807) is 36.0 Å². The van der Waals surface area contributed by atoms with Crippen molar-refractivity contribution in [1.29, 1.82) is 0 Å². The Kier molecular flexibility index (Phi) is 7.73. The highest BCUT2D eigenvalue weighted by atomic mass is 32.2. The van der Waals surface area contributed by atoms with Gasteiger partial charge in [-0.2, -0.15) is 4.31 Å². The lowest BCUT2D eigenvalue weighted by Gasteiger charge is -2.26. The molecule has 176 valence electrons. The molecule has 0 spiro atoms. The van der Waals surface area contributed by atoms with Gasteiger partial charge in [0.1, 0.15) is 6.04 Å². The van der Waals surface area contributed by atoms with E-state index in [9.17, 15) is 18.3 Å². The minimum atomic E-state index is -4.03. The Hall–Kier alpha value is -1.94. The highest BCUT2D eigenvalue weighted by Crippen LogP contribution is 2.35. The second-order valence-corrected chi connectivity index (χ2v) is 12.7. The zero-order chi connectivity index (χ0) is 23.4. The first-order chi connectivity index (χ1) is 15.8. The normalized spacial score (nSPS) is 16.3. The number of hydrogen-bond acceptors (Lipinski definition) is 6. The fourth-order valence-electron chi connectivity index (χ4n) is 4.10. The Labute approximate surface area is 203 Å². The third kappa shape index (κ3) is 5.77. The van der Waals surface area contributed by atoms with Crippen LogP contribution in [0.1, 0.15) is 44.6 Å². The number of carboxylic acids is 1.